The molecular weight excluding hydrogens is 271 g/mol. The molecular formula is C17H17FO3. The Kier molecular flexibility index (Phi) is 4.93. The van der Waals surface area contributed by atoms with Gasteiger partial charge in [0.1, 0.15) is 11.6 Å². The van der Waals surface area contributed by atoms with Gasteiger partial charge in [0, 0.05) is 0 Å². The fraction of sp³-hybridized carbons (Fsp3) is 0.235. The Bertz CT molecular complexity index is 590. The van der Waals surface area contributed by atoms with Crippen molar-refractivity contribution in [2.45, 2.75) is 19.3 Å². The zero-order valence-corrected chi connectivity index (χ0v) is 11.8. The molecule has 2 aromatic rings. The molecule has 1 atom stereocenters. The predicted octanol–water partition coefficient (Wildman–Crippen LogP) is 3.77. The van der Waals surface area contributed by atoms with E-state index < -0.39 is 11.9 Å². The highest BCUT2D eigenvalue weighted by atomic mass is 19.1. The number of aliphatic carboxylic acids is 1. The van der Waals surface area contributed by atoms with Crippen LogP contribution in [0.4, 0.5) is 4.39 Å². The maximum atomic E-state index is 12.8. The molecule has 0 aliphatic rings. The van der Waals surface area contributed by atoms with Crippen molar-refractivity contribution in [2.75, 3.05) is 6.61 Å². The second-order valence-electron chi connectivity index (χ2n) is 4.89. The van der Waals surface area contributed by atoms with Crippen molar-refractivity contribution < 1.29 is 19.0 Å². The lowest BCUT2D eigenvalue weighted by atomic mass is 9.95. The smallest absolute Gasteiger partial charge is 0.311 e. The molecule has 1 unspecified atom stereocenters. The van der Waals surface area contributed by atoms with Crippen LogP contribution in [-0.2, 0) is 4.79 Å². The number of carbonyl (C=O) groups is 1. The Morgan fingerprint density at radius 2 is 1.76 bits per heavy atom. The number of hydrogen-bond acceptors (Lipinski definition) is 2. The number of hydrogen-bond donors (Lipinski definition) is 1. The monoisotopic (exact) mass is 288 g/mol. The van der Waals surface area contributed by atoms with Crippen LogP contribution in [0, 0.1) is 12.7 Å². The van der Waals surface area contributed by atoms with Gasteiger partial charge in [-0.15, -0.1) is 0 Å². The van der Waals surface area contributed by atoms with Gasteiger partial charge in [-0.2, -0.15) is 0 Å². The average Bonchev–Trinajstić information content (AvgIpc) is 2.46. The van der Waals surface area contributed by atoms with Crippen LogP contribution in [0.3, 0.4) is 0 Å². The highest BCUT2D eigenvalue weighted by Crippen LogP contribution is 2.21. The molecule has 0 aromatic heterocycles. The molecule has 4 heteroatoms. The van der Waals surface area contributed by atoms with E-state index in [1.165, 1.54) is 24.3 Å². The highest BCUT2D eigenvalue weighted by molar-refractivity contribution is 5.76. The van der Waals surface area contributed by atoms with Crippen molar-refractivity contribution >= 4 is 5.97 Å². The topological polar surface area (TPSA) is 46.5 Å². The van der Waals surface area contributed by atoms with Crippen LogP contribution in [0.5, 0.6) is 5.75 Å². The second-order valence-corrected chi connectivity index (χ2v) is 4.89. The summed E-state index contributed by atoms with van der Waals surface area (Å²) in [6, 6.07) is 13.1. The van der Waals surface area contributed by atoms with E-state index in [9.17, 15) is 14.3 Å². The van der Waals surface area contributed by atoms with E-state index in [1.54, 1.807) is 0 Å². The largest absolute Gasteiger partial charge is 0.494 e. The molecule has 2 aromatic carbocycles. The highest BCUT2D eigenvalue weighted by Gasteiger charge is 2.19. The van der Waals surface area contributed by atoms with Crippen LogP contribution in [0.1, 0.15) is 23.5 Å². The Hall–Kier alpha value is -2.36. The lowest BCUT2D eigenvalue weighted by Crippen LogP contribution is -2.15. The summed E-state index contributed by atoms with van der Waals surface area (Å²) >= 11 is 0. The third kappa shape index (κ3) is 4.31. The molecule has 0 bridgehead atoms. The molecule has 0 heterocycles. The summed E-state index contributed by atoms with van der Waals surface area (Å²) in [5.74, 6) is -1.28. The third-order valence-corrected chi connectivity index (χ3v) is 3.27. The fourth-order valence-corrected chi connectivity index (χ4v) is 2.06. The summed E-state index contributed by atoms with van der Waals surface area (Å²) in [5.41, 5.74) is 1.85. The molecule has 2 rings (SSSR count). The number of benzene rings is 2. The minimum Gasteiger partial charge on any atom is -0.494 e. The minimum atomic E-state index is -0.874. The van der Waals surface area contributed by atoms with Crippen LogP contribution in [0.25, 0.3) is 0 Å². The normalized spacial score (nSPS) is 11.9. The average molecular weight is 288 g/mol. The van der Waals surface area contributed by atoms with E-state index in [4.69, 9.17) is 4.74 Å². The van der Waals surface area contributed by atoms with Crippen molar-refractivity contribution in [3.8, 4) is 5.75 Å². The first-order valence-corrected chi connectivity index (χ1v) is 6.74. The van der Waals surface area contributed by atoms with Gasteiger partial charge in [0.05, 0.1) is 12.5 Å². The SMILES string of the molecule is Cc1ccc(C(CCOc2ccc(F)cc2)C(=O)O)cc1. The Labute approximate surface area is 123 Å². The van der Waals surface area contributed by atoms with Crippen LogP contribution < -0.4 is 4.74 Å². The van der Waals surface area contributed by atoms with Gasteiger partial charge in [0.2, 0.25) is 0 Å². The van der Waals surface area contributed by atoms with E-state index in [0.717, 1.165) is 11.1 Å². The molecule has 0 radical (unpaired) electrons. The third-order valence-electron chi connectivity index (χ3n) is 3.27. The first kappa shape index (κ1) is 15.0. The molecule has 0 saturated heterocycles. The van der Waals surface area contributed by atoms with Gasteiger partial charge in [-0.3, -0.25) is 4.79 Å². The number of ether oxygens (including phenoxy) is 1. The van der Waals surface area contributed by atoms with Crippen molar-refractivity contribution in [1.82, 2.24) is 0 Å². The summed E-state index contributed by atoms with van der Waals surface area (Å²) in [6.45, 7) is 2.22. The second kappa shape index (κ2) is 6.88. The molecule has 0 amide bonds. The van der Waals surface area contributed by atoms with Crippen LogP contribution in [0.15, 0.2) is 48.5 Å². The maximum absolute atomic E-state index is 12.8. The van der Waals surface area contributed by atoms with Crippen LogP contribution in [-0.4, -0.2) is 17.7 Å². The number of carboxylic acids is 1. The number of carboxylic acid groups (broad SMARTS) is 1. The Morgan fingerprint density at radius 1 is 1.14 bits per heavy atom. The minimum absolute atomic E-state index is 0.260. The predicted molar refractivity (Wildman–Crippen MR) is 78.1 cm³/mol. The Balaban J connectivity index is 1.96. The van der Waals surface area contributed by atoms with E-state index in [0.29, 0.717) is 12.2 Å². The van der Waals surface area contributed by atoms with Gasteiger partial charge >= 0.3 is 5.97 Å². The van der Waals surface area contributed by atoms with Gasteiger partial charge in [-0.05, 0) is 43.2 Å². The molecule has 0 fully saturated rings. The molecule has 0 spiro atoms. The standard InChI is InChI=1S/C17H17FO3/c1-12-2-4-13(5-3-12)16(17(19)20)10-11-21-15-8-6-14(18)7-9-15/h2-9,16H,10-11H2,1H3,(H,19,20). The van der Waals surface area contributed by atoms with Gasteiger partial charge < -0.3 is 9.84 Å². The molecule has 0 aliphatic carbocycles. The van der Waals surface area contributed by atoms with Gasteiger partial charge in [-0.25, -0.2) is 4.39 Å². The first-order valence-electron chi connectivity index (χ1n) is 6.74. The summed E-state index contributed by atoms with van der Waals surface area (Å²) in [5, 5.41) is 9.32. The lowest BCUT2D eigenvalue weighted by Gasteiger charge is -2.14. The number of halogens is 1. The zero-order valence-electron chi connectivity index (χ0n) is 11.8. The molecule has 0 saturated carbocycles. The summed E-state index contributed by atoms with van der Waals surface area (Å²) in [6.07, 6.45) is 0.357. The van der Waals surface area contributed by atoms with Gasteiger partial charge in [0.15, 0.2) is 0 Å². The molecule has 1 N–H and O–H groups in total. The van der Waals surface area contributed by atoms with Crippen molar-refractivity contribution in [1.29, 1.82) is 0 Å². The Morgan fingerprint density at radius 3 is 2.33 bits per heavy atom. The quantitative estimate of drug-likeness (QED) is 0.880. The van der Waals surface area contributed by atoms with E-state index in [-0.39, 0.29) is 12.4 Å². The van der Waals surface area contributed by atoms with Gasteiger partial charge in [-0.1, -0.05) is 29.8 Å². The van der Waals surface area contributed by atoms with Crippen molar-refractivity contribution in [3.05, 3.63) is 65.5 Å². The number of rotatable bonds is 6. The molecule has 3 nitrogen and oxygen atoms in total. The van der Waals surface area contributed by atoms with Crippen molar-refractivity contribution in [2.24, 2.45) is 0 Å². The van der Waals surface area contributed by atoms with E-state index >= 15 is 0 Å². The van der Waals surface area contributed by atoms with Gasteiger partial charge in [0.25, 0.3) is 0 Å². The lowest BCUT2D eigenvalue weighted by molar-refractivity contribution is -0.139. The molecule has 110 valence electrons. The first-order chi connectivity index (χ1) is 10.1. The molecule has 21 heavy (non-hydrogen) atoms. The van der Waals surface area contributed by atoms with Crippen LogP contribution >= 0.6 is 0 Å². The van der Waals surface area contributed by atoms with Crippen molar-refractivity contribution in [3.63, 3.8) is 0 Å². The van der Waals surface area contributed by atoms with Crippen LogP contribution in [0.2, 0.25) is 0 Å². The van der Waals surface area contributed by atoms with E-state index in [1.807, 2.05) is 31.2 Å². The summed E-state index contributed by atoms with van der Waals surface area (Å²) in [4.78, 5) is 11.4. The zero-order chi connectivity index (χ0) is 15.2. The summed E-state index contributed by atoms with van der Waals surface area (Å²) < 4.78 is 18.2. The molecule has 0 aliphatic heterocycles. The van der Waals surface area contributed by atoms with E-state index in [2.05, 4.69) is 0 Å². The fourth-order valence-electron chi connectivity index (χ4n) is 2.06. The number of aryl methyl sites for hydroxylation is 1. The maximum Gasteiger partial charge on any atom is 0.311 e. The summed E-state index contributed by atoms with van der Waals surface area (Å²) in [7, 11) is 0.